The topological polar surface area (TPSA) is 150 Å². The fourth-order valence-corrected chi connectivity index (χ4v) is 0. The molecule has 2 atom stereocenters. The van der Waals surface area contributed by atoms with Crippen LogP contribution in [0.15, 0.2) is 0 Å². The average molecular weight is 284 g/mol. The zero-order valence-corrected chi connectivity index (χ0v) is 13.0. The Morgan fingerprint density at radius 3 is 0.944 bits per heavy atom. The van der Waals surface area contributed by atoms with Gasteiger partial charge in [0.2, 0.25) is 0 Å². The molecule has 0 aromatic heterocycles. The third-order valence-electron chi connectivity index (χ3n) is 2.15. The van der Waals surface area contributed by atoms with Gasteiger partial charge in [0, 0.05) is 11.1 Å². The van der Waals surface area contributed by atoms with E-state index in [1.807, 2.05) is 0 Å². The van der Waals surface area contributed by atoms with Gasteiger partial charge in [0.25, 0.3) is 0 Å². The molecule has 0 fully saturated rings. The van der Waals surface area contributed by atoms with Gasteiger partial charge in [-0.25, -0.2) is 0 Å². The molecule has 0 saturated heterocycles. The molecule has 7 nitrogen and oxygen atoms in total. The van der Waals surface area contributed by atoms with E-state index in [1.165, 1.54) is 0 Å². The van der Waals surface area contributed by atoms with Gasteiger partial charge in [0.1, 0.15) is 0 Å². The molecule has 0 saturated carbocycles. The van der Waals surface area contributed by atoms with Crippen molar-refractivity contribution in [2.45, 2.75) is 64.8 Å². The minimum absolute atomic E-state index is 0.424. The van der Waals surface area contributed by atoms with Crippen molar-refractivity contribution in [3.63, 3.8) is 0 Å². The summed E-state index contributed by atoms with van der Waals surface area (Å²) in [6, 6.07) is 0. The van der Waals surface area contributed by atoms with Crippen LogP contribution in [0.1, 0.15) is 41.5 Å². The van der Waals surface area contributed by atoms with Crippen LogP contribution in [0.3, 0.4) is 0 Å². The fraction of sp³-hybridized carbons (Fsp3) is 1.00. The number of aliphatic hydroxyl groups excluding tert-OH is 2. The molecule has 0 amide bonds. The Kier molecular flexibility index (Phi) is 11.8. The molecule has 18 heavy (non-hydrogen) atoms. The molecule has 112 valence electrons. The van der Waals surface area contributed by atoms with Crippen LogP contribution in [-0.2, 0) is 4.46 Å². The van der Waals surface area contributed by atoms with Gasteiger partial charge in [-0.3, -0.25) is 4.46 Å². The molecule has 8 N–H and O–H groups in total. The first-order valence-electron chi connectivity index (χ1n) is 5.48. The molecule has 0 aromatic carbocycles. The smallest absolute Gasteiger partial charge is 0.511 e. The summed E-state index contributed by atoms with van der Waals surface area (Å²) in [6.45, 7) is 10.5. The number of aliphatic hydroxyl groups is 2. The minimum Gasteiger partial charge on any atom is -0.511 e. The largest absolute Gasteiger partial charge is 0.761 e. The summed E-state index contributed by atoms with van der Waals surface area (Å²) in [5.74, 6) is 0. The Morgan fingerprint density at radius 2 is 0.944 bits per heavy atom. The first kappa shape index (κ1) is 22.6. The summed E-state index contributed by atoms with van der Waals surface area (Å²) in [5.41, 5.74) is 9.97. The molecular formula is C10H28N2O5Si. The second kappa shape index (κ2) is 9.40. The van der Waals surface area contributed by atoms with Crippen LogP contribution in [0.25, 0.3) is 0 Å². The summed E-state index contributed by atoms with van der Waals surface area (Å²) < 4.78 is 8.74. The van der Waals surface area contributed by atoms with Gasteiger partial charge in [-0.1, -0.05) is 0 Å². The van der Waals surface area contributed by atoms with Crippen LogP contribution >= 0.6 is 0 Å². The predicted molar refractivity (Wildman–Crippen MR) is 70.8 cm³/mol. The third-order valence-corrected chi connectivity index (χ3v) is 2.15. The highest BCUT2D eigenvalue weighted by Crippen LogP contribution is 2.02. The average Bonchev–Trinajstić information content (AvgIpc) is 1.99. The van der Waals surface area contributed by atoms with E-state index < -0.39 is 32.5 Å². The summed E-state index contributed by atoms with van der Waals surface area (Å²) in [4.78, 5) is 14.3. The van der Waals surface area contributed by atoms with Gasteiger partial charge in [0.15, 0.2) is 0 Å². The lowest BCUT2D eigenvalue weighted by Crippen LogP contribution is -2.43. The highest BCUT2D eigenvalue weighted by molar-refractivity contribution is 6.22. The number of rotatable bonds is 2. The third kappa shape index (κ3) is 24.6. The van der Waals surface area contributed by atoms with Crippen molar-refractivity contribution >= 4 is 9.17 Å². The van der Waals surface area contributed by atoms with Crippen molar-refractivity contribution in [1.82, 2.24) is 0 Å². The van der Waals surface area contributed by atoms with E-state index in [4.69, 9.17) is 35.7 Å². The van der Waals surface area contributed by atoms with Gasteiger partial charge in [-0.05, 0) is 41.5 Å². The molecule has 2 unspecified atom stereocenters. The maximum atomic E-state index is 8.76. The van der Waals surface area contributed by atoms with Crippen molar-refractivity contribution in [3.8, 4) is 0 Å². The van der Waals surface area contributed by atoms with Gasteiger partial charge in [-0.15, -0.1) is 0 Å². The van der Waals surface area contributed by atoms with Gasteiger partial charge < -0.3 is 31.3 Å². The molecule has 0 aliphatic heterocycles. The standard InChI is InChI=1S/2C5H13NO.H2O3Si/c2*1-4(7)5(2,3)6;1-4(2)3/h2*4,7H,6H2,1-3H3;1-2H. The Hall–Kier alpha value is -0.543. The fourth-order valence-electron chi connectivity index (χ4n) is 0. The summed E-state index contributed by atoms with van der Waals surface area (Å²) in [6.07, 6.45) is -0.847. The quantitative estimate of drug-likeness (QED) is 0.341. The zero-order chi connectivity index (χ0) is 15.7. The van der Waals surface area contributed by atoms with E-state index in [1.54, 1.807) is 41.5 Å². The first-order chi connectivity index (χ1) is 7.62. The molecule has 0 spiro atoms. The maximum Gasteiger partial charge on any atom is 0.761 e. The molecule has 0 radical (unpaired) electrons. The predicted octanol–water partition coefficient (Wildman–Crippen LogP) is -1.40. The van der Waals surface area contributed by atoms with Crippen LogP contribution in [0.2, 0.25) is 0 Å². The van der Waals surface area contributed by atoms with E-state index in [-0.39, 0.29) is 0 Å². The summed E-state index contributed by atoms with van der Waals surface area (Å²) >= 11 is 0. The molecular weight excluding hydrogens is 256 g/mol. The normalized spacial score (nSPS) is 14.3. The molecule has 0 bridgehead atoms. The lowest BCUT2D eigenvalue weighted by Gasteiger charge is -2.21. The number of hydrogen-bond donors (Lipinski definition) is 6. The van der Waals surface area contributed by atoms with E-state index in [0.29, 0.717) is 0 Å². The van der Waals surface area contributed by atoms with Gasteiger partial charge in [-0.2, -0.15) is 0 Å². The van der Waals surface area contributed by atoms with Gasteiger partial charge >= 0.3 is 9.17 Å². The number of nitrogens with two attached hydrogens (primary N) is 2. The second-order valence-electron chi connectivity index (χ2n) is 5.28. The summed E-state index contributed by atoms with van der Waals surface area (Å²) in [7, 11) is -3.13. The van der Waals surface area contributed by atoms with Crippen molar-refractivity contribution in [2.75, 3.05) is 0 Å². The maximum absolute atomic E-state index is 8.76. The molecule has 0 aliphatic rings. The Bertz CT molecular complexity index is 199. The second-order valence-corrected chi connectivity index (χ2v) is 5.84. The highest BCUT2D eigenvalue weighted by atomic mass is 28.3. The molecule has 0 aromatic rings. The highest BCUT2D eigenvalue weighted by Gasteiger charge is 2.16. The Morgan fingerprint density at radius 1 is 0.889 bits per heavy atom. The lowest BCUT2D eigenvalue weighted by molar-refractivity contribution is 0.122. The van der Waals surface area contributed by atoms with E-state index >= 15 is 0 Å². The van der Waals surface area contributed by atoms with Gasteiger partial charge in [0.05, 0.1) is 12.2 Å². The summed E-state index contributed by atoms with van der Waals surface area (Å²) in [5, 5.41) is 17.5. The van der Waals surface area contributed by atoms with Crippen LogP contribution < -0.4 is 11.5 Å². The zero-order valence-electron chi connectivity index (χ0n) is 12.0. The van der Waals surface area contributed by atoms with Crippen molar-refractivity contribution in [3.05, 3.63) is 0 Å². The van der Waals surface area contributed by atoms with Crippen molar-refractivity contribution < 1.29 is 24.3 Å². The van der Waals surface area contributed by atoms with Crippen LogP contribution in [-0.4, -0.2) is 52.3 Å². The van der Waals surface area contributed by atoms with Crippen molar-refractivity contribution in [1.29, 1.82) is 0 Å². The Labute approximate surface area is 110 Å². The Balaban J connectivity index is -0.000000196. The van der Waals surface area contributed by atoms with E-state index in [0.717, 1.165) is 0 Å². The van der Waals surface area contributed by atoms with E-state index in [2.05, 4.69) is 0 Å². The van der Waals surface area contributed by atoms with Crippen LogP contribution in [0.4, 0.5) is 0 Å². The SMILES string of the molecule is CC(O)C(C)(C)N.CC(O)C(C)(C)N.O=[Si](O)O. The van der Waals surface area contributed by atoms with Crippen LogP contribution in [0, 0.1) is 0 Å². The van der Waals surface area contributed by atoms with Crippen molar-refractivity contribution in [2.24, 2.45) is 11.5 Å². The van der Waals surface area contributed by atoms with E-state index in [9.17, 15) is 0 Å². The van der Waals surface area contributed by atoms with Crippen LogP contribution in [0.5, 0.6) is 0 Å². The molecule has 8 heteroatoms. The minimum atomic E-state index is -3.13. The lowest BCUT2D eigenvalue weighted by atomic mass is 10.0. The first-order valence-corrected chi connectivity index (χ1v) is 6.78. The molecule has 0 aliphatic carbocycles. The molecule has 0 rings (SSSR count). The monoisotopic (exact) mass is 284 g/mol. The number of hydrogen-bond acceptors (Lipinski definition) is 5. The molecule has 0 heterocycles.